The fourth-order valence-electron chi connectivity index (χ4n) is 1.96. The minimum atomic E-state index is -3.33. The van der Waals surface area contributed by atoms with Gasteiger partial charge in [-0.05, 0) is 12.1 Å². The number of carbonyl (C=O) groups excluding carboxylic acids is 1. The van der Waals surface area contributed by atoms with Crippen molar-refractivity contribution in [1.29, 1.82) is 0 Å². The maximum atomic E-state index is 11.6. The molecule has 0 atom stereocenters. The zero-order chi connectivity index (χ0) is 16.6. The zero-order valence-corrected chi connectivity index (χ0v) is 13.9. The number of anilines is 1. The molecule has 118 valence electrons. The standard InChI is InChI=1S/C14H12N4O3S2/c1-8(19)17-14-18-12-7-16-11(4-13(12)22-14)9-3-10(6-15-5-9)23(2,20)21/h3-7H,1-2H3,(H,17,18,19). The van der Waals surface area contributed by atoms with Crippen LogP contribution in [0.15, 0.2) is 35.6 Å². The molecule has 7 nitrogen and oxygen atoms in total. The fourth-order valence-corrected chi connectivity index (χ4v) is 3.47. The van der Waals surface area contributed by atoms with E-state index in [0.29, 0.717) is 21.9 Å². The van der Waals surface area contributed by atoms with Crippen molar-refractivity contribution in [3.8, 4) is 11.3 Å². The van der Waals surface area contributed by atoms with Crippen molar-refractivity contribution in [3.63, 3.8) is 0 Å². The second-order valence-electron chi connectivity index (χ2n) is 4.92. The average molecular weight is 348 g/mol. The first-order valence-electron chi connectivity index (χ1n) is 6.52. The van der Waals surface area contributed by atoms with Crippen LogP contribution < -0.4 is 5.32 Å². The van der Waals surface area contributed by atoms with E-state index < -0.39 is 9.84 Å². The molecule has 0 radical (unpaired) electrons. The summed E-state index contributed by atoms with van der Waals surface area (Å²) in [5.41, 5.74) is 1.85. The Kier molecular flexibility index (Phi) is 3.82. The maximum Gasteiger partial charge on any atom is 0.223 e. The second kappa shape index (κ2) is 5.67. The number of rotatable bonds is 3. The lowest BCUT2D eigenvalue weighted by atomic mass is 10.2. The Hall–Kier alpha value is -2.39. The first kappa shape index (κ1) is 15.5. The number of fused-ring (bicyclic) bond motifs is 1. The molecule has 0 aromatic carbocycles. The minimum absolute atomic E-state index is 0.139. The molecule has 0 aliphatic rings. The highest BCUT2D eigenvalue weighted by Crippen LogP contribution is 2.29. The highest BCUT2D eigenvalue weighted by Gasteiger charge is 2.12. The van der Waals surface area contributed by atoms with Gasteiger partial charge in [0.25, 0.3) is 0 Å². The van der Waals surface area contributed by atoms with Crippen molar-refractivity contribution in [1.82, 2.24) is 15.0 Å². The number of amides is 1. The van der Waals surface area contributed by atoms with Gasteiger partial charge in [0.1, 0.15) is 5.52 Å². The molecule has 0 saturated heterocycles. The number of sulfone groups is 1. The number of carbonyl (C=O) groups is 1. The summed E-state index contributed by atoms with van der Waals surface area (Å²) in [5.74, 6) is -0.192. The molecule has 0 bridgehead atoms. The van der Waals surface area contributed by atoms with Crippen LogP contribution in [0, 0.1) is 0 Å². The van der Waals surface area contributed by atoms with Crippen LogP contribution in [0.25, 0.3) is 21.5 Å². The van der Waals surface area contributed by atoms with Gasteiger partial charge >= 0.3 is 0 Å². The average Bonchev–Trinajstić information content (AvgIpc) is 2.86. The number of nitrogens with zero attached hydrogens (tertiary/aromatic N) is 3. The van der Waals surface area contributed by atoms with Crippen LogP contribution in [0.3, 0.4) is 0 Å². The molecule has 23 heavy (non-hydrogen) atoms. The lowest BCUT2D eigenvalue weighted by Gasteiger charge is -2.02. The van der Waals surface area contributed by atoms with Crippen LogP contribution in [0.2, 0.25) is 0 Å². The first-order valence-corrected chi connectivity index (χ1v) is 9.23. The molecule has 0 spiro atoms. The van der Waals surface area contributed by atoms with Crippen molar-refractivity contribution in [2.45, 2.75) is 11.8 Å². The topological polar surface area (TPSA) is 102 Å². The third kappa shape index (κ3) is 3.35. The van der Waals surface area contributed by atoms with Crippen LogP contribution in [0.4, 0.5) is 5.13 Å². The van der Waals surface area contributed by atoms with Crippen LogP contribution in [-0.2, 0) is 14.6 Å². The Bertz CT molecular complexity index is 1010. The summed E-state index contributed by atoms with van der Waals surface area (Å²) in [4.78, 5) is 23.7. The molecule has 1 amide bonds. The first-order chi connectivity index (χ1) is 10.8. The molecule has 0 saturated carbocycles. The van der Waals surface area contributed by atoms with Gasteiger partial charge in [-0.25, -0.2) is 13.4 Å². The molecule has 3 rings (SSSR count). The summed E-state index contributed by atoms with van der Waals surface area (Å²) in [7, 11) is -3.33. The normalized spacial score (nSPS) is 11.6. The second-order valence-corrected chi connectivity index (χ2v) is 7.97. The molecule has 0 aliphatic heterocycles. The van der Waals surface area contributed by atoms with Crippen LogP contribution >= 0.6 is 11.3 Å². The van der Waals surface area contributed by atoms with Crippen molar-refractivity contribution < 1.29 is 13.2 Å². The van der Waals surface area contributed by atoms with Gasteiger partial charge in [-0.3, -0.25) is 14.8 Å². The van der Waals surface area contributed by atoms with Gasteiger partial charge in [0.2, 0.25) is 5.91 Å². The third-order valence-corrected chi connectivity index (χ3v) is 5.01. The Labute approximate surface area is 136 Å². The summed E-state index contributed by atoms with van der Waals surface area (Å²) in [6, 6.07) is 3.33. The molecule has 3 heterocycles. The van der Waals surface area contributed by atoms with Crippen molar-refractivity contribution in [2.24, 2.45) is 0 Å². The van der Waals surface area contributed by atoms with E-state index in [1.54, 1.807) is 18.5 Å². The molecular weight excluding hydrogens is 336 g/mol. The Morgan fingerprint density at radius 3 is 2.70 bits per heavy atom. The van der Waals surface area contributed by atoms with E-state index in [9.17, 15) is 13.2 Å². The Morgan fingerprint density at radius 2 is 2.00 bits per heavy atom. The number of thiazole rings is 1. The van der Waals surface area contributed by atoms with E-state index >= 15 is 0 Å². The van der Waals surface area contributed by atoms with Gasteiger partial charge in [-0.1, -0.05) is 11.3 Å². The predicted molar refractivity (Wildman–Crippen MR) is 88.1 cm³/mol. The molecule has 0 fully saturated rings. The number of hydrogen-bond acceptors (Lipinski definition) is 7. The number of nitrogens with one attached hydrogen (secondary N) is 1. The molecule has 3 aromatic heterocycles. The minimum Gasteiger partial charge on any atom is -0.302 e. The monoisotopic (exact) mass is 348 g/mol. The summed E-state index contributed by atoms with van der Waals surface area (Å²) in [6.07, 6.45) is 5.57. The number of aromatic nitrogens is 3. The van der Waals surface area contributed by atoms with Crippen molar-refractivity contribution in [2.75, 3.05) is 11.6 Å². The predicted octanol–water partition coefficient (Wildman–Crippen LogP) is 2.12. The molecule has 1 N–H and O–H groups in total. The van der Waals surface area contributed by atoms with Gasteiger partial charge in [0.15, 0.2) is 15.0 Å². The zero-order valence-electron chi connectivity index (χ0n) is 12.3. The third-order valence-electron chi connectivity index (χ3n) is 2.99. The molecule has 9 heteroatoms. The van der Waals surface area contributed by atoms with Crippen LogP contribution in [0.5, 0.6) is 0 Å². The van der Waals surface area contributed by atoms with Gasteiger partial charge < -0.3 is 5.32 Å². The largest absolute Gasteiger partial charge is 0.302 e. The van der Waals surface area contributed by atoms with Gasteiger partial charge in [0, 0.05) is 31.1 Å². The van der Waals surface area contributed by atoms with Crippen LogP contribution in [0.1, 0.15) is 6.92 Å². The summed E-state index contributed by atoms with van der Waals surface area (Å²) >= 11 is 1.32. The van der Waals surface area contributed by atoms with Crippen molar-refractivity contribution >= 4 is 42.4 Å². The van der Waals surface area contributed by atoms with Gasteiger partial charge in [0.05, 0.1) is 21.5 Å². The lowest BCUT2D eigenvalue weighted by Crippen LogP contribution is -2.04. The van der Waals surface area contributed by atoms with E-state index in [4.69, 9.17) is 0 Å². The molecule has 3 aromatic rings. The van der Waals surface area contributed by atoms with E-state index in [1.165, 1.54) is 30.5 Å². The summed E-state index contributed by atoms with van der Waals surface area (Å²) in [6.45, 7) is 1.41. The Balaban J connectivity index is 2.05. The summed E-state index contributed by atoms with van der Waals surface area (Å²) in [5, 5.41) is 3.13. The van der Waals surface area contributed by atoms with E-state index in [2.05, 4.69) is 20.3 Å². The fraction of sp³-hybridized carbons (Fsp3) is 0.143. The van der Waals surface area contributed by atoms with E-state index in [-0.39, 0.29) is 10.8 Å². The Morgan fingerprint density at radius 1 is 1.22 bits per heavy atom. The number of hydrogen-bond donors (Lipinski definition) is 1. The highest BCUT2D eigenvalue weighted by molar-refractivity contribution is 7.90. The highest BCUT2D eigenvalue weighted by atomic mass is 32.2. The van der Waals surface area contributed by atoms with Crippen LogP contribution in [-0.4, -0.2) is 35.5 Å². The van der Waals surface area contributed by atoms with Crippen molar-refractivity contribution in [3.05, 3.63) is 30.7 Å². The smallest absolute Gasteiger partial charge is 0.223 e. The maximum absolute atomic E-state index is 11.6. The molecule has 0 aliphatic carbocycles. The quantitative estimate of drug-likeness (QED) is 0.778. The lowest BCUT2D eigenvalue weighted by molar-refractivity contribution is -0.114. The van der Waals surface area contributed by atoms with E-state index in [1.807, 2.05) is 0 Å². The molecular formula is C14H12N4O3S2. The number of pyridine rings is 2. The van der Waals surface area contributed by atoms with E-state index in [0.717, 1.165) is 11.0 Å². The van der Waals surface area contributed by atoms with Gasteiger partial charge in [-0.2, -0.15) is 0 Å². The SMILES string of the molecule is CC(=O)Nc1nc2cnc(-c3cncc(S(C)(=O)=O)c3)cc2s1. The van der Waals surface area contributed by atoms with Gasteiger partial charge in [-0.15, -0.1) is 0 Å². The summed E-state index contributed by atoms with van der Waals surface area (Å²) < 4.78 is 24.1. The molecule has 0 unspecified atom stereocenters.